The Hall–Kier alpha value is -1.86. The van der Waals surface area contributed by atoms with Gasteiger partial charge in [-0.25, -0.2) is 13.6 Å². The molecule has 0 radical (unpaired) electrons. The highest BCUT2D eigenvalue weighted by Crippen LogP contribution is 2.23. The minimum absolute atomic E-state index is 0.126. The lowest BCUT2D eigenvalue weighted by molar-refractivity contribution is -0.142. The van der Waals surface area contributed by atoms with Gasteiger partial charge in [0, 0.05) is 18.4 Å². The van der Waals surface area contributed by atoms with Crippen LogP contribution in [0.4, 0.5) is 0 Å². The fourth-order valence-electron chi connectivity index (χ4n) is 1.48. The number of esters is 1. The minimum Gasteiger partial charge on any atom is -0.461 e. The van der Waals surface area contributed by atoms with Crippen molar-refractivity contribution in [3.63, 3.8) is 0 Å². The molecule has 1 aromatic heterocycles. The van der Waals surface area contributed by atoms with Gasteiger partial charge < -0.3 is 9.15 Å². The predicted molar refractivity (Wildman–Crippen MR) is 63.1 cm³/mol. The normalized spacial score (nSPS) is 11.7. The van der Waals surface area contributed by atoms with Crippen LogP contribution in [-0.2, 0) is 26.2 Å². The highest BCUT2D eigenvalue weighted by Gasteiger charge is 2.14. The Bertz CT molecular complexity index is 701. The van der Waals surface area contributed by atoms with Crippen LogP contribution >= 0.6 is 0 Å². The van der Waals surface area contributed by atoms with Gasteiger partial charge in [-0.05, 0) is 17.7 Å². The van der Waals surface area contributed by atoms with Gasteiger partial charge in [0.15, 0.2) is 0 Å². The number of primary sulfonamides is 1. The summed E-state index contributed by atoms with van der Waals surface area (Å²) in [5.41, 5.74) is 1.14. The highest BCUT2D eigenvalue weighted by atomic mass is 32.2. The van der Waals surface area contributed by atoms with E-state index in [0.29, 0.717) is 11.0 Å². The maximum Gasteiger partial charge on any atom is 0.302 e. The number of carbonyl (C=O) groups excluding carboxylic acids is 1. The van der Waals surface area contributed by atoms with E-state index in [1.165, 1.54) is 13.0 Å². The Morgan fingerprint density at radius 1 is 1.39 bits per heavy atom. The third kappa shape index (κ3) is 2.69. The van der Waals surface area contributed by atoms with Crippen molar-refractivity contribution in [2.45, 2.75) is 18.6 Å². The summed E-state index contributed by atoms with van der Waals surface area (Å²) in [6.07, 6.45) is 0. The molecule has 0 aliphatic rings. The van der Waals surface area contributed by atoms with E-state index in [2.05, 4.69) is 0 Å². The first-order valence-electron chi connectivity index (χ1n) is 5.05. The van der Waals surface area contributed by atoms with Crippen molar-refractivity contribution < 1.29 is 22.4 Å². The molecular formula is C11H11NO5S. The van der Waals surface area contributed by atoms with Crippen molar-refractivity contribution in [1.82, 2.24) is 0 Å². The summed E-state index contributed by atoms with van der Waals surface area (Å²) in [6, 6.07) is 6.29. The van der Waals surface area contributed by atoms with Gasteiger partial charge in [-0.3, -0.25) is 4.79 Å². The Kier molecular flexibility index (Phi) is 3.10. The number of hydrogen-bond donors (Lipinski definition) is 1. The molecule has 0 unspecified atom stereocenters. The van der Waals surface area contributed by atoms with Crippen LogP contribution in [0.25, 0.3) is 11.0 Å². The van der Waals surface area contributed by atoms with E-state index in [4.69, 9.17) is 14.3 Å². The Morgan fingerprint density at radius 2 is 2.11 bits per heavy atom. The molecule has 0 amide bonds. The average Bonchev–Trinajstić information content (AvgIpc) is 2.68. The van der Waals surface area contributed by atoms with E-state index in [1.807, 2.05) is 0 Å². The first-order valence-corrected chi connectivity index (χ1v) is 6.59. The molecular weight excluding hydrogens is 258 g/mol. The second kappa shape index (κ2) is 4.43. The molecule has 96 valence electrons. The molecule has 0 atom stereocenters. The lowest BCUT2D eigenvalue weighted by Crippen LogP contribution is -2.10. The van der Waals surface area contributed by atoms with Gasteiger partial charge >= 0.3 is 5.97 Å². The van der Waals surface area contributed by atoms with Crippen LogP contribution in [-0.4, -0.2) is 14.4 Å². The number of carbonyl (C=O) groups is 1. The van der Waals surface area contributed by atoms with Crippen molar-refractivity contribution in [1.29, 1.82) is 0 Å². The fraction of sp³-hybridized carbons (Fsp3) is 0.182. The topological polar surface area (TPSA) is 99.6 Å². The first kappa shape index (κ1) is 12.6. The van der Waals surface area contributed by atoms with Crippen LogP contribution in [0.15, 0.2) is 33.8 Å². The molecule has 2 rings (SSSR count). The van der Waals surface area contributed by atoms with Gasteiger partial charge in [0.25, 0.3) is 10.0 Å². The molecule has 2 aromatic rings. The summed E-state index contributed by atoms with van der Waals surface area (Å²) >= 11 is 0. The van der Waals surface area contributed by atoms with E-state index in [-0.39, 0.29) is 17.7 Å². The fourth-order valence-corrected chi connectivity index (χ4v) is 1.98. The number of sulfonamides is 1. The number of benzene rings is 1. The summed E-state index contributed by atoms with van der Waals surface area (Å²) in [5, 5.41) is 5.26. The van der Waals surface area contributed by atoms with Gasteiger partial charge in [-0.1, -0.05) is 6.07 Å². The maximum atomic E-state index is 11.1. The lowest BCUT2D eigenvalue weighted by atomic mass is 10.2. The number of nitrogens with two attached hydrogens (primary N) is 1. The first-order chi connectivity index (χ1) is 8.36. The molecule has 0 aliphatic carbocycles. The molecule has 0 spiro atoms. The standard InChI is InChI=1S/C11H11NO5S/c1-7(13)16-6-8-2-3-10-9(4-8)5-11(17-10)18(12,14)15/h2-5H,6H2,1H3,(H2,12,14,15). The molecule has 0 saturated heterocycles. The number of fused-ring (bicyclic) bond motifs is 1. The Labute approximate surface area is 103 Å². The molecule has 18 heavy (non-hydrogen) atoms. The second-order valence-electron chi connectivity index (χ2n) is 3.76. The summed E-state index contributed by atoms with van der Waals surface area (Å²) < 4.78 is 32.2. The van der Waals surface area contributed by atoms with Crippen molar-refractivity contribution in [3.05, 3.63) is 29.8 Å². The SMILES string of the molecule is CC(=O)OCc1ccc2oc(S(N)(=O)=O)cc2c1. The molecule has 2 N–H and O–H groups in total. The lowest BCUT2D eigenvalue weighted by Gasteiger charge is -2.01. The molecule has 1 aromatic carbocycles. The van der Waals surface area contributed by atoms with Crippen LogP contribution in [0.3, 0.4) is 0 Å². The summed E-state index contributed by atoms with van der Waals surface area (Å²) in [4.78, 5) is 10.7. The zero-order chi connectivity index (χ0) is 13.3. The van der Waals surface area contributed by atoms with Crippen LogP contribution in [0, 0.1) is 0 Å². The summed E-state index contributed by atoms with van der Waals surface area (Å²) in [6.45, 7) is 1.44. The van der Waals surface area contributed by atoms with Gasteiger partial charge in [-0.15, -0.1) is 0 Å². The van der Waals surface area contributed by atoms with E-state index in [9.17, 15) is 13.2 Å². The van der Waals surface area contributed by atoms with Crippen LogP contribution < -0.4 is 5.14 Å². The molecule has 6 nitrogen and oxygen atoms in total. The Balaban J connectivity index is 2.37. The zero-order valence-electron chi connectivity index (χ0n) is 9.54. The molecule has 0 fully saturated rings. The smallest absolute Gasteiger partial charge is 0.302 e. The number of ether oxygens (including phenoxy) is 1. The van der Waals surface area contributed by atoms with Gasteiger partial charge in [0.05, 0.1) is 0 Å². The number of hydrogen-bond acceptors (Lipinski definition) is 5. The van der Waals surface area contributed by atoms with E-state index in [0.717, 1.165) is 5.56 Å². The van der Waals surface area contributed by atoms with Crippen LogP contribution in [0.1, 0.15) is 12.5 Å². The van der Waals surface area contributed by atoms with Crippen molar-refractivity contribution in [3.8, 4) is 0 Å². The van der Waals surface area contributed by atoms with E-state index in [1.54, 1.807) is 18.2 Å². The van der Waals surface area contributed by atoms with Crippen LogP contribution in [0.5, 0.6) is 0 Å². The van der Waals surface area contributed by atoms with Gasteiger partial charge in [-0.2, -0.15) is 0 Å². The van der Waals surface area contributed by atoms with Crippen LogP contribution in [0.2, 0.25) is 0 Å². The molecule has 7 heteroatoms. The predicted octanol–water partition coefficient (Wildman–Crippen LogP) is 1.14. The quantitative estimate of drug-likeness (QED) is 0.842. The third-order valence-corrected chi connectivity index (χ3v) is 3.04. The average molecular weight is 269 g/mol. The zero-order valence-corrected chi connectivity index (χ0v) is 10.4. The van der Waals surface area contributed by atoms with Crippen molar-refractivity contribution >= 4 is 27.0 Å². The molecule has 0 aliphatic heterocycles. The third-order valence-electron chi connectivity index (χ3n) is 2.28. The number of furan rings is 1. The number of rotatable bonds is 3. The highest BCUT2D eigenvalue weighted by molar-refractivity contribution is 7.89. The minimum atomic E-state index is -3.86. The second-order valence-corrected chi connectivity index (χ2v) is 5.26. The van der Waals surface area contributed by atoms with Crippen molar-refractivity contribution in [2.24, 2.45) is 5.14 Å². The maximum absolute atomic E-state index is 11.1. The van der Waals surface area contributed by atoms with Gasteiger partial charge in [0.1, 0.15) is 12.2 Å². The van der Waals surface area contributed by atoms with Gasteiger partial charge in [0.2, 0.25) is 5.09 Å². The summed E-state index contributed by atoms with van der Waals surface area (Å²) in [5.74, 6) is -0.382. The largest absolute Gasteiger partial charge is 0.461 e. The van der Waals surface area contributed by atoms with E-state index >= 15 is 0 Å². The Morgan fingerprint density at radius 3 is 2.72 bits per heavy atom. The summed E-state index contributed by atoms with van der Waals surface area (Å²) in [7, 11) is -3.86. The molecule has 0 saturated carbocycles. The monoisotopic (exact) mass is 269 g/mol. The van der Waals surface area contributed by atoms with Crippen molar-refractivity contribution in [2.75, 3.05) is 0 Å². The van der Waals surface area contributed by atoms with E-state index < -0.39 is 10.0 Å². The molecule has 0 bridgehead atoms. The molecule has 1 heterocycles.